The van der Waals surface area contributed by atoms with Crippen LogP contribution in [0.1, 0.15) is 12.5 Å². The van der Waals surface area contributed by atoms with Crippen molar-refractivity contribution in [3.05, 3.63) is 54.1 Å². The molecule has 0 bridgehead atoms. The second kappa shape index (κ2) is 9.20. The van der Waals surface area contributed by atoms with E-state index in [1.54, 1.807) is 30.3 Å². The van der Waals surface area contributed by atoms with Gasteiger partial charge in [-0.25, -0.2) is 8.42 Å². The SMILES string of the molecule is CCS(=O)(=O)c1ccc(O)c(NC(=O)/C=C/c2ccc(OCOC)cc2)c1. The van der Waals surface area contributed by atoms with E-state index in [2.05, 4.69) is 5.32 Å². The van der Waals surface area contributed by atoms with Crippen molar-refractivity contribution in [3.63, 3.8) is 0 Å². The minimum absolute atomic E-state index is 0.0301. The summed E-state index contributed by atoms with van der Waals surface area (Å²) in [7, 11) is -1.91. The largest absolute Gasteiger partial charge is 0.506 e. The van der Waals surface area contributed by atoms with Crippen LogP contribution < -0.4 is 10.1 Å². The molecule has 0 fully saturated rings. The van der Waals surface area contributed by atoms with E-state index in [4.69, 9.17) is 9.47 Å². The normalized spacial score (nSPS) is 11.5. The summed E-state index contributed by atoms with van der Waals surface area (Å²) in [6, 6.07) is 10.8. The molecule has 0 aliphatic rings. The van der Waals surface area contributed by atoms with Gasteiger partial charge in [-0.15, -0.1) is 0 Å². The van der Waals surface area contributed by atoms with Crippen molar-refractivity contribution >= 4 is 27.5 Å². The van der Waals surface area contributed by atoms with Crippen LogP contribution in [0.15, 0.2) is 53.4 Å². The van der Waals surface area contributed by atoms with Crippen LogP contribution in [0.25, 0.3) is 6.08 Å². The Morgan fingerprint density at radius 1 is 1.19 bits per heavy atom. The van der Waals surface area contributed by atoms with E-state index in [0.717, 1.165) is 5.56 Å². The third-order valence-corrected chi connectivity index (χ3v) is 5.35. The second-order valence-electron chi connectivity index (χ2n) is 5.52. The number of anilines is 1. The van der Waals surface area contributed by atoms with Crippen LogP contribution >= 0.6 is 0 Å². The lowest BCUT2D eigenvalue weighted by Gasteiger charge is -2.08. The predicted octanol–water partition coefficient (Wildman–Crippen LogP) is 2.82. The molecule has 2 rings (SSSR count). The number of carbonyl (C=O) groups is 1. The first kappa shape index (κ1) is 20.5. The van der Waals surface area contributed by atoms with E-state index in [9.17, 15) is 18.3 Å². The van der Waals surface area contributed by atoms with Gasteiger partial charge in [0.05, 0.1) is 16.3 Å². The molecule has 7 nitrogen and oxygen atoms in total. The van der Waals surface area contributed by atoms with Crippen LogP contribution in [-0.2, 0) is 19.4 Å². The highest BCUT2D eigenvalue weighted by molar-refractivity contribution is 7.91. The quantitative estimate of drug-likeness (QED) is 0.408. The lowest BCUT2D eigenvalue weighted by Crippen LogP contribution is -2.10. The number of nitrogens with one attached hydrogen (secondary N) is 1. The Labute approximate surface area is 158 Å². The Bertz CT molecular complexity index is 920. The van der Waals surface area contributed by atoms with Crippen LogP contribution in [0.3, 0.4) is 0 Å². The van der Waals surface area contributed by atoms with E-state index in [1.165, 1.54) is 38.3 Å². The number of phenols is 1. The number of sulfone groups is 1. The second-order valence-corrected chi connectivity index (χ2v) is 7.80. The number of hydrogen-bond acceptors (Lipinski definition) is 6. The summed E-state index contributed by atoms with van der Waals surface area (Å²) in [5, 5.41) is 12.3. The summed E-state index contributed by atoms with van der Waals surface area (Å²) in [4.78, 5) is 12.1. The Morgan fingerprint density at radius 2 is 1.89 bits per heavy atom. The van der Waals surface area contributed by atoms with Gasteiger partial charge in [-0.05, 0) is 42.0 Å². The Hall–Kier alpha value is -2.84. The van der Waals surface area contributed by atoms with Crippen LogP contribution in [-0.4, -0.2) is 39.1 Å². The predicted molar refractivity (Wildman–Crippen MR) is 102 cm³/mol. The number of phenolic OH excluding ortho intramolecular Hbond substituents is 1. The van der Waals surface area contributed by atoms with Gasteiger partial charge in [0.1, 0.15) is 11.5 Å². The molecule has 27 heavy (non-hydrogen) atoms. The summed E-state index contributed by atoms with van der Waals surface area (Å²) >= 11 is 0. The molecule has 2 aromatic rings. The first-order chi connectivity index (χ1) is 12.9. The smallest absolute Gasteiger partial charge is 0.248 e. The number of aromatic hydroxyl groups is 1. The topological polar surface area (TPSA) is 102 Å². The van der Waals surface area contributed by atoms with Crippen LogP contribution in [0.5, 0.6) is 11.5 Å². The lowest BCUT2D eigenvalue weighted by atomic mass is 10.2. The fourth-order valence-corrected chi connectivity index (χ4v) is 3.03. The van der Waals surface area contributed by atoms with E-state index in [-0.39, 0.29) is 28.9 Å². The van der Waals surface area contributed by atoms with Crippen LogP contribution in [0.4, 0.5) is 5.69 Å². The van der Waals surface area contributed by atoms with E-state index < -0.39 is 15.7 Å². The van der Waals surface area contributed by atoms with Crippen molar-refractivity contribution in [2.24, 2.45) is 0 Å². The number of hydrogen-bond donors (Lipinski definition) is 2. The molecule has 0 atom stereocenters. The van der Waals surface area contributed by atoms with Gasteiger partial charge < -0.3 is 19.9 Å². The minimum Gasteiger partial charge on any atom is -0.506 e. The minimum atomic E-state index is -3.44. The third kappa shape index (κ3) is 5.83. The summed E-state index contributed by atoms with van der Waals surface area (Å²) in [6.07, 6.45) is 2.87. The van der Waals surface area contributed by atoms with Crippen molar-refractivity contribution in [3.8, 4) is 11.5 Å². The maximum absolute atomic E-state index is 12.1. The van der Waals surface area contributed by atoms with Gasteiger partial charge >= 0.3 is 0 Å². The van der Waals surface area contributed by atoms with E-state index in [1.807, 2.05) is 0 Å². The van der Waals surface area contributed by atoms with Crippen LogP contribution in [0, 0.1) is 0 Å². The fourth-order valence-electron chi connectivity index (χ4n) is 2.12. The van der Waals surface area contributed by atoms with Gasteiger partial charge in [0.25, 0.3) is 0 Å². The van der Waals surface area contributed by atoms with Gasteiger partial charge in [-0.2, -0.15) is 0 Å². The zero-order valence-electron chi connectivity index (χ0n) is 15.0. The van der Waals surface area contributed by atoms with Crippen molar-refractivity contribution in [1.82, 2.24) is 0 Å². The Balaban J connectivity index is 2.07. The molecule has 0 heterocycles. The standard InChI is InChI=1S/C19H21NO6S/c1-3-27(23,24)16-9-10-18(21)17(12-16)20-19(22)11-6-14-4-7-15(8-5-14)26-13-25-2/h4-12,21H,3,13H2,1-2H3,(H,20,22)/b11-6+. The summed E-state index contributed by atoms with van der Waals surface area (Å²) in [5.74, 6) is -0.158. The first-order valence-corrected chi connectivity index (χ1v) is 9.77. The van der Waals surface area contributed by atoms with Gasteiger partial charge in [-0.3, -0.25) is 4.79 Å². The van der Waals surface area contributed by atoms with E-state index in [0.29, 0.717) is 5.75 Å². The number of carbonyl (C=O) groups excluding carboxylic acids is 1. The van der Waals surface area contributed by atoms with Crippen molar-refractivity contribution in [1.29, 1.82) is 0 Å². The monoisotopic (exact) mass is 391 g/mol. The number of ether oxygens (including phenoxy) is 2. The summed E-state index contributed by atoms with van der Waals surface area (Å²) in [6.45, 7) is 1.67. The molecule has 1 amide bonds. The average Bonchev–Trinajstić information content (AvgIpc) is 2.67. The van der Waals surface area contributed by atoms with E-state index >= 15 is 0 Å². The molecule has 0 saturated carbocycles. The molecule has 0 unspecified atom stereocenters. The molecule has 0 spiro atoms. The molecule has 0 radical (unpaired) electrons. The number of methoxy groups -OCH3 is 1. The maximum atomic E-state index is 12.1. The van der Waals surface area contributed by atoms with Crippen molar-refractivity contribution in [2.45, 2.75) is 11.8 Å². The summed E-state index contributed by atoms with van der Waals surface area (Å²) < 4.78 is 33.9. The molecule has 2 aromatic carbocycles. The molecule has 8 heteroatoms. The van der Waals surface area contributed by atoms with Gasteiger partial charge in [0, 0.05) is 13.2 Å². The third-order valence-electron chi connectivity index (χ3n) is 3.62. The highest BCUT2D eigenvalue weighted by Gasteiger charge is 2.14. The molecular weight excluding hydrogens is 370 g/mol. The zero-order chi connectivity index (χ0) is 19.9. The Morgan fingerprint density at radius 3 is 2.52 bits per heavy atom. The molecular formula is C19H21NO6S. The number of rotatable bonds is 8. The maximum Gasteiger partial charge on any atom is 0.248 e. The van der Waals surface area contributed by atoms with Gasteiger partial charge in [-0.1, -0.05) is 19.1 Å². The summed E-state index contributed by atoms with van der Waals surface area (Å²) in [5.41, 5.74) is 0.795. The zero-order valence-corrected chi connectivity index (χ0v) is 15.8. The highest BCUT2D eigenvalue weighted by atomic mass is 32.2. The molecule has 0 aromatic heterocycles. The number of amides is 1. The lowest BCUT2D eigenvalue weighted by molar-refractivity contribution is -0.111. The molecule has 2 N–H and O–H groups in total. The molecule has 0 saturated heterocycles. The van der Waals surface area contributed by atoms with Gasteiger partial charge in [0.2, 0.25) is 5.91 Å². The first-order valence-electron chi connectivity index (χ1n) is 8.12. The number of benzene rings is 2. The van der Waals surface area contributed by atoms with Crippen molar-refractivity contribution < 1.29 is 27.8 Å². The van der Waals surface area contributed by atoms with Crippen LogP contribution in [0.2, 0.25) is 0 Å². The highest BCUT2D eigenvalue weighted by Crippen LogP contribution is 2.27. The van der Waals surface area contributed by atoms with Crippen molar-refractivity contribution in [2.75, 3.05) is 25.0 Å². The average molecular weight is 391 g/mol. The molecule has 144 valence electrons. The fraction of sp³-hybridized carbons (Fsp3) is 0.211. The Kier molecular flexibility index (Phi) is 6.98. The molecule has 0 aliphatic heterocycles. The van der Waals surface area contributed by atoms with Gasteiger partial charge in [0.15, 0.2) is 16.6 Å². The molecule has 0 aliphatic carbocycles.